The van der Waals surface area contributed by atoms with E-state index in [4.69, 9.17) is 11.0 Å². The van der Waals surface area contributed by atoms with Crippen LogP contribution in [-0.4, -0.2) is 5.11 Å². The van der Waals surface area contributed by atoms with Gasteiger partial charge in [-0.3, -0.25) is 0 Å². The van der Waals surface area contributed by atoms with E-state index in [1.807, 2.05) is 6.07 Å². The van der Waals surface area contributed by atoms with E-state index in [2.05, 4.69) is 0 Å². The van der Waals surface area contributed by atoms with E-state index in [1.165, 1.54) is 18.2 Å². The minimum atomic E-state index is -0.890. The Morgan fingerprint density at radius 2 is 2.29 bits per heavy atom. The van der Waals surface area contributed by atoms with Crippen LogP contribution in [0, 0.1) is 17.1 Å². The van der Waals surface area contributed by atoms with Crippen molar-refractivity contribution in [3.63, 3.8) is 0 Å². The van der Waals surface area contributed by atoms with Crippen LogP contribution < -0.4 is 5.73 Å². The van der Waals surface area contributed by atoms with E-state index in [-0.39, 0.29) is 13.0 Å². The molecule has 1 rings (SSSR count). The van der Waals surface area contributed by atoms with Crippen molar-refractivity contribution in [3.8, 4) is 6.07 Å². The van der Waals surface area contributed by atoms with Crippen LogP contribution in [0.5, 0.6) is 0 Å². The molecular formula is C10H11FN2O. The number of rotatable bonds is 3. The zero-order chi connectivity index (χ0) is 10.6. The van der Waals surface area contributed by atoms with Gasteiger partial charge in [-0.15, -0.1) is 0 Å². The molecule has 14 heavy (non-hydrogen) atoms. The van der Waals surface area contributed by atoms with E-state index < -0.39 is 11.9 Å². The van der Waals surface area contributed by atoms with Crippen molar-refractivity contribution in [1.29, 1.82) is 5.26 Å². The van der Waals surface area contributed by atoms with Gasteiger partial charge in [-0.1, -0.05) is 6.07 Å². The van der Waals surface area contributed by atoms with Crippen LogP contribution in [0.15, 0.2) is 18.2 Å². The van der Waals surface area contributed by atoms with Gasteiger partial charge in [0.2, 0.25) is 0 Å². The van der Waals surface area contributed by atoms with Gasteiger partial charge in [0.15, 0.2) is 0 Å². The Labute approximate surface area is 81.6 Å². The molecule has 1 atom stereocenters. The molecule has 0 aliphatic rings. The molecule has 0 bridgehead atoms. The van der Waals surface area contributed by atoms with E-state index in [0.717, 1.165) is 0 Å². The van der Waals surface area contributed by atoms with Crippen molar-refractivity contribution < 1.29 is 9.50 Å². The Morgan fingerprint density at radius 1 is 1.57 bits per heavy atom. The predicted molar refractivity (Wildman–Crippen MR) is 49.5 cm³/mol. The van der Waals surface area contributed by atoms with Gasteiger partial charge in [-0.25, -0.2) is 4.39 Å². The summed E-state index contributed by atoms with van der Waals surface area (Å²) in [6, 6.07) is 5.82. The Morgan fingerprint density at radius 3 is 2.86 bits per heavy atom. The zero-order valence-electron chi connectivity index (χ0n) is 7.57. The second-order valence-electron chi connectivity index (χ2n) is 2.93. The van der Waals surface area contributed by atoms with Gasteiger partial charge in [-0.2, -0.15) is 5.26 Å². The molecule has 1 aromatic rings. The highest BCUT2D eigenvalue weighted by atomic mass is 19.1. The van der Waals surface area contributed by atoms with Gasteiger partial charge < -0.3 is 10.8 Å². The quantitative estimate of drug-likeness (QED) is 0.760. The van der Waals surface area contributed by atoms with Crippen molar-refractivity contribution >= 4 is 0 Å². The molecule has 0 fully saturated rings. The highest BCUT2D eigenvalue weighted by Gasteiger charge is 2.11. The lowest BCUT2D eigenvalue weighted by molar-refractivity contribution is 0.182. The third-order valence-electron chi connectivity index (χ3n) is 1.97. The maximum absolute atomic E-state index is 12.8. The minimum Gasteiger partial charge on any atom is -0.387 e. The molecule has 4 heteroatoms. The van der Waals surface area contributed by atoms with Gasteiger partial charge in [0.1, 0.15) is 5.82 Å². The molecule has 3 N–H and O–H groups in total. The first-order chi connectivity index (χ1) is 6.69. The number of hydrogen-bond acceptors (Lipinski definition) is 3. The lowest BCUT2D eigenvalue weighted by Gasteiger charge is -2.11. The number of nitrogens with two attached hydrogens (primary N) is 1. The molecule has 0 saturated heterocycles. The number of halogens is 1. The van der Waals surface area contributed by atoms with E-state index in [1.54, 1.807) is 0 Å². The second-order valence-corrected chi connectivity index (χ2v) is 2.93. The Kier molecular flexibility index (Phi) is 3.57. The minimum absolute atomic E-state index is 0.0152. The van der Waals surface area contributed by atoms with Gasteiger partial charge in [-0.05, 0) is 23.3 Å². The standard InChI is InChI=1S/C10H11FN2O/c11-8-1-2-9(7(5-8)6-13)10(14)3-4-12/h1-2,5,10,14H,3,6,13H2. The van der Waals surface area contributed by atoms with Gasteiger partial charge >= 0.3 is 0 Å². The normalized spacial score (nSPS) is 12.1. The molecule has 0 radical (unpaired) electrons. The lowest BCUT2D eigenvalue weighted by atomic mass is 10.0. The first kappa shape index (κ1) is 10.6. The molecule has 1 aromatic carbocycles. The molecule has 3 nitrogen and oxygen atoms in total. The average Bonchev–Trinajstić information content (AvgIpc) is 2.17. The largest absolute Gasteiger partial charge is 0.387 e. The molecule has 0 aliphatic carbocycles. The fourth-order valence-corrected chi connectivity index (χ4v) is 1.27. The van der Waals surface area contributed by atoms with Crippen LogP contribution in [0.25, 0.3) is 0 Å². The van der Waals surface area contributed by atoms with E-state index >= 15 is 0 Å². The molecule has 0 amide bonds. The number of nitrogens with zero attached hydrogens (tertiary/aromatic N) is 1. The van der Waals surface area contributed by atoms with Gasteiger partial charge in [0, 0.05) is 6.54 Å². The fourth-order valence-electron chi connectivity index (χ4n) is 1.27. The van der Waals surface area contributed by atoms with Crippen molar-refractivity contribution in [2.24, 2.45) is 5.73 Å². The van der Waals surface area contributed by atoms with Crippen LogP contribution in [0.4, 0.5) is 4.39 Å². The molecule has 0 aromatic heterocycles. The third-order valence-corrected chi connectivity index (χ3v) is 1.97. The van der Waals surface area contributed by atoms with Crippen LogP contribution in [-0.2, 0) is 6.54 Å². The first-order valence-corrected chi connectivity index (χ1v) is 4.22. The molecule has 0 saturated carbocycles. The van der Waals surface area contributed by atoms with Crippen LogP contribution >= 0.6 is 0 Å². The lowest BCUT2D eigenvalue weighted by Crippen LogP contribution is -2.06. The molecule has 0 spiro atoms. The highest BCUT2D eigenvalue weighted by molar-refractivity contribution is 5.30. The maximum atomic E-state index is 12.8. The number of aliphatic hydroxyl groups excluding tert-OH is 1. The van der Waals surface area contributed by atoms with Crippen molar-refractivity contribution in [2.75, 3.05) is 0 Å². The summed E-state index contributed by atoms with van der Waals surface area (Å²) in [5.41, 5.74) is 6.45. The van der Waals surface area contributed by atoms with E-state index in [9.17, 15) is 9.50 Å². The van der Waals surface area contributed by atoms with Crippen LogP contribution in [0.2, 0.25) is 0 Å². The monoisotopic (exact) mass is 194 g/mol. The van der Waals surface area contributed by atoms with Crippen molar-refractivity contribution in [1.82, 2.24) is 0 Å². The number of aliphatic hydroxyl groups is 1. The SMILES string of the molecule is N#CCC(O)c1ccc(F)cc1CN. The second kappa shape index (κ2) is 4.70. The number of hydrogen-bond donors (Lipinski definition) is 2. The topological polar surface area (TPSA) is 70.0 Å². The highest BCUT2D eigenvalue weighted by Crippen LogP contribution is 2.21. The van der Waals surface area contributed by atoms with Crippen LogP contribution in [0.3, 0.4) is 0 Å². The van der Waals surface area contributed by atoms with Crippen LogP contribution in [0.1, 0.15) is 23.7 Å². The van der Waals surface area contributed by atoms with Crippen molar-refractivity contribution in [2.45, 2.75) is 19.1 Å². The Balaban J connectivity index is 3.02. The number of benzene rings is 1. The molecule has 1 unspecified atom stereocenters. The summed E-state index contributed by atoms with van der Waals surface area (Å²) in [7, 11) is 0. The summed E-state index contributed by atoms with van der Waals surface area (Å²) >= 11 is 0. The fraction of sp³-hybridized carbons (Fsp3) is 0.300. The third kappa shape index (κ3) is 2.28. The van der Waals surface area contributed by atoms with Gasteiger partial charge in [0.25, 0.3) is 0 Å². The summed E-state index contributed by atoms with van der Waals surface area (Å²) in [5, 5.41) is 17.9. The molecular weight excluding hydrogens is 183 g/mol. The van der Waals surface area contributed by atoms with E-state index in [0.29, 0.717) is 11.1 Å². The van der Waals surface area contributed by atoms with Gasteiger partial charge in [0.05, 0.1) is 18.6 Å². The molecule has 0 heterocycles. The smallest absolute Gasteiger partial charge is 0.123 e. The average molecular weight is 194 g/mol. The molecule has 0 aliphatic heterocycles. The molecule has 74 valence electrons. The summed E-state index contributed by atoms with van der Waals surface area (Å²) in [6.07, 6.45) is -0.905. The first-order valence-electron chi connectivity index (χ1n) is 4.22. The summed E-state index contributed by atoms with van der Waals surface area (Å²) in [5.74, 6) is -0.390. The zero-order valence-corrected chi connectivity index (χ0v) is 7.57. The Bertz CT molecular complexity index is 360. The predicted octanol–water partition coefficient (Wildman–Crippen LogP) is 1.23. The number of nitriles is 1. The Hall–Kier alpha value is -1.44. The maximum Gasteiger partial charge on any atom is 0.123 e. The summed E-state index contributed by atoms with van der Waals surface area (Å²) < 4.78 is 12.8. The van der Waals surface area contributed by atoms with Crippen molar-refractivity contribution in [3.05, 3.63) is 35.1 Å². The summed E-state index contributed by atoms with van der Waals surface area (Å²) in [6.45, 7) is 0.148. The summed E-state index contributed by atoms with van der Waals surface area (Å²) in [4.78, 5) is 0.